The number of benzene rings is 1. The van der Waals surface area contributed by atoms with Gasteiger partial charge < -0.3 is 15.5 Å². The number of urea groups is 1. The van der Waals surface area contributed by atoms with Crippen molar-refractivity contribution >= 4 is 6.03 Å². The highest BCUT2D eigenvalue weighted by molar-refractivity contribution is 5.75. The average Bonchev–Trinajstić information content (AvgIpc) is 3.18. The number of halogens is 1. The number of rotatable bonds is 6. The maximum atomic E-state index is 13.0. The fourth-order valence-electron chi connectivity index (χ4n) is 3.05. The molecule has 3 atom stereocenters. The molecule has 0 bridgehead atoms. The Morgan fingerprint density at radius 2 is 2.12 bits per heavy atom. The number of nitrogens with zero attached hydrogens (tertiary/aromatic N) is 3. The summed E-state index contributed by atoms with van der Waals surface area (Å²) in [5.74, 6) is 0.0334. The Kier molecular flexibility index (Phi) is 5.03. The summed E-state index contributed by atoms with van der Waals surface area (Å²) >= 11 is 0. The number of aryl methyl sites for hydroxylation is 1. The van der Waals surface area contributed by atoms with Crippen LogP contribution in [0.25, 0.3) is 0 Å². The maximum absolute atomic E-state index is 13.0. The number of carbonyl (C=O) groups is 1. The van der Waals surface area contributed by atoms with E-state index in [0.717, 1.165) is 17.5 Å². The first-order valence-electron chi connectivity index (χ1n) is 8.39. The van der Waals surface area contributed by atoms with Crippen LogP contribution in [0.3, 0.4) is 0 Å². The molecular formula is C18H24FN5O. The van der Waals surface area contributed by atoms with E-state index >= 15 is 0 Å². The zero-order valence-electron chi connectivity index (χ0n) is 14.7. The monoisotopic (exact) mass is 345 g/mol. The Bertz CT molecular complexity index is 727. The van der Waals surface area contributed by atoms with Crippen LogP contribution in [0.4, 0.5) is 9.18 Å². The van der Waals surface area contributed by atoms with E-state index in [1.54, 1.807) is 16.8 Å². The fraction of sp³-hybridized carbons (Fsp3) is 0.444. The summed E-state index contributed by atoms with van der Waals surface area (Å²) in [7, 11) is 5.82. The van der Waals surface area contributed by atoms with Gasteiger partial charge in [-0.3, -0.25) is 4.68 Å². The Labute approximate surface area is 147 Å². The number of nitrogens with one attached hydrogen (secondary N) is 2. The standard InChI is InChI=1S/C18H24FN5O/c1-23(2)17(13-9-21-24(3)11-13)10-20-18(25)22-16-8-15(16)12-4-6-14(19)7-5-12/h4-7,9,11,15-17H,8,10H2,1-3H3,(H2,20,22,25)/t15-,16+,17?/m0/s1. The van der Waals surface area contributed by atoms with Crippen LogP contribution in [0.5, 0.6) is 0 Å². The second-order valence-corrected chi connectivity index (χ2v) is 6.78. The highest BCUT2D eigenvalue weighted by Gasteiger charge is 2.39. The van der Waals surface area contributed by atoms with E-state index in [0.29, 0.717) is 6.54 Å². The molecule has 2 aromatic rings. The van der Waals surface area contributed by atoms with E-state index in [2.05, 4.69) is 20.6 Å². The minimum Gasteiger partial charge on any atom is -0.336 e. The molecule has 134 valence electrons. The molecule has 2 N–H and O–H groups in total. The molecule has 0 radical (unpaired) electrons. The first-order valence-corrected chi connectivity index (χ1v) is 8.39. The van der Waals surface area contributed by atoms with Gasteiger partial charge in [0.1, 0.15) is 5.82 Å². The van der Waals surface area contributed by atoms with Gasteiger partial charge in [-0.25, -0.2) is 9.18 Å². The van der Waals surface area contributed by atoms with Gasteiger partial charge in [-0.1, -0.05) is 12.1 Å². The number of aromatic nitrogens is 2. The number of hydrogen-bond acceptors (Lipinski definition) is 3. The van der Waals surface area contributed by atoms with Gasteiger partial charge in [0, 0.05) is 37.3 Å². The van der Waals surface area contributed by atoms with Gasteiger partial charge in [0.15, 0.2) is 0 Å². The molecule has 25 heavy (non-hydrogen) atoms. The van der Waals surface area contributed by atoms with Gasteiger partial charge in [0.05, 0.1) is 12.2 Å². The van der Waals surface area contributed by atoms with Crippen LogP contribution < -0.4 is 10.6 Å². The molecule has 1 aliphatic rings. The largest absolute Gasteiger partial charge is 0.336 e. The SMILES string of the molecule is CN(C)C(CNC(=O)N[C@@H]1C[C@H]1c1ccc(F)cc1)c1cnn(C)c1. The first kappa shape index (κ1) is 17.4. The van der Waals surface area contributed by atoms with Crippen molar-refractivity contribution in [3.8, 4) is 0 Å². The molecule has 2 amide bonds. The van der Waals surface area contributed by atoms with Crippen molar-refractivity contribution in [2.24, 2.45) is 7.05 Å². The lowest BCUT2D eigenvalue weighted by molar-refractivity contribution is 0.232. The number of amides is 2. The van der Waals surface area contributed by atoms with E-state index in [1.807, 2.05) is 33.5 Å². The van der Waals surface area contributed by atoms with Crippen LogP contribution in [-0.4, -0.2) is 47.4 Å². The van der Waals surface area contributed by atoms with Crippen molar-refractivity contribution in [3.05, 3.63) is 53.6 Å². The average molecular weight is 345 g/mol. The van der Waals surface area contributed by atoms with Crippen LogP contribution in [0.2, 0.25) is 0 Å². The summed E-state index contributed by atoms with van der Waals surface area (Å²) in [5, 5.41) is 10.1. The summed E-state index contributed by atoms with van der Waals surface area (Å²) < 4.78 is 14.7. The predicted octanol–water partition coefficient (Wildman–Crippen LogP) is 2.02. The van der Waals surface area contributed by atoms with E-state index in [1.165, 1.54) is 12.1 Å². The van der Waals surface area contributed by atoms with Crippen molar-refractivity contribution in [2.45, 2.75) is 24.4 Å². The van der Waals surface area contributed by atoms with Gasteiger partial charge in [-0.05, 0) is 38.2 Å². The van der Waals surface area contributed by atoms with Crippen LogP contribution >= 0.6 is 0 Å². The minimum atomic E-state index is -0.239. The molecule has 3 rings (SSSR count). The van der Waals surface area contributed by atoms with E-state index in [-0.39, 0.29) is 29.8 Å². The van der Waals surface area contributed by atoms with Crippen molar-refractivity contribution in [1.29, 1.82) is 0 Å². The lowest BCUT2D eigenvalue weighted by Crippen LogP contribution is -2.41. The molecule has 6 nitrogen and oxygen atoms in total. The number of hydrogen-bond donors (Lipinski definition) is 2. The molecule has 1 saturated carbocycles. The summed E-state index contributed by atoms with van der Waals surface area (Å²) in [6.45, 7) is 0.498. The van der Waals surface area contributed by atoms with Crippen molar-refractivity contribution in [3.63, 3.8) is 0 Å². The summed E-state index contributed by atoms with van der Waals surface area (Å²) in [4.78, 5) is 14.2. The smallest absolute Gasteiger partial charge is 0.315 e. The molecule has 1 aromatic heterocycles. The second-order valence-electron chi connectivity index (χ2n) is 6.78. The molecule has 1 aromatic carbocycles. The van der Waals surface area contributed by atoms with Crippen LogP contribution in [0.15, 0.2) is 36.7 Å². The molecule has 0 aliphatic heterocycles. The molecule has 1 heterocycles. The Morgan fingerprint density at radius 1 is 1.40 bits per heavy atom. The van der Waals surface area contributed by atoms with Gasteiger partial charge in [0.2, 0.25) is 0 Å². The fourth-order valence-corrected chi connectivity index (χ4v) is 3.05. The highest BCUT2D eigenvalue weighted by atomic mass is 19.1. The Morgan fingerprint density at radius 3 is 2.72 bits per heavy atom. The summed E-state index contributed by atoms with van der Waals surface area (Å²) in [6, 6.07) is 6.48. The molecule has 1 unspecified atom stereocenters. The lowest BCUT2D eigenvalue weighted by Gasteiger charge is -2.23. The second kappa shape index (κ2) is 7.23. The van der Waals surface area contributed by atoms with Crippen molar-refractivity contribution in [2.75, 3.05) is 20.6 Å². The number of likely N-dealkylation sites (N-methyl/N-ethyl adjacent to an activating group) is 1. The van der Waals surface area contributed by atoms with E-state index in [4.69, 9.17) is 0 Å². The summed E-state index contributed by atoms with van der Waals surface area (Å²) in [6.07, 6.45) is 4.66. The van der Waals surface area contributed by atoms with Gasteiger partial charge >= 0.3 is 6.03 Å². The molecule has 0 spiro atoms. The van der Waals surface area contributed by atoms with Crippen LogP contribution in [0.1, 0.15) is 29.5 Å². The first-order chi connectivity index (χ1) is 11.9. The van der Waals surface area contributed by atoms with Gasteiger partial charge in [-0.15, -0.1) is 0 Å². The molecule has 1 aliphatic carbocycles. The topological polar surface area (TPSA) is 62.2 Å². The van der Waals surface area contributed by atoms with E-state index in [9.17, 15) is 9.18 Å². The van der Waals surface area contributed by atoms with Crippen molar-refractivity contribution < 1.29 is 9.18 Å². The van der Waals surface area contributed by atoms with Crippen molar-refractivity contribution in [1.82, 2.24) is 25.3 Å². The predicted molar refractivity (Wildman–Crippen MR) is 93.7 cm³/mol. The molecular weight excluding hydrogens is 321 g/mol. The van der Waals surface area contributed by atoms with Crippen LogP contribution in [0, 0.1) is 5.82 Å². The lowest BCUT2D eigenvalue weighted by atomic mass is 10.1. The minimum absolute atomic E-state index is 0.0616. The van der Waals surface area contributed by atoms with Crippen LogP contribution in [-0.2, 0) is 7.05 Å². The van der Waals surface area contributed by atoms with Gasteiger partial charge in [0.25, 0.3) is 0 Å². The molecule has 0 saturated heterocycles. The third kappa shape index (κ3) is 4.36. The normalized spacial score (nSPS) is 20.4. The molecule has 1 fully saturated rings. The Balaban J connectivity index is 1.49. The number of carbonyl (C=O) groups excluding carboxylic acids is 1. The third-order valence-electron chi connectivity index (χ3n) is 4.59. The van der Waals surface area contributed by atoms with Gasteiger partial charge in [-0.2, -0.15) is 5.10 Å². The maximum Gasteiger partial charge on any atom is 0.315 e. The van der Waals surface area contributed by atoms with E-state index < -0.39 is 0 Å². The Hall–Kier alpha value is -2.41. The zero-order valence-corrected chi connectivity index (χ0v) is 14.7. The summed E-state index contributed by atoms with van der Waals surface area (Å²) in [5.41, 5.74) is 2.12. The third-order valence-corrected chi connectivity index (χ3v) is 4.59. The zero-order chi connectivity index (χ0) is 18.0. The quantitative estimate of drug-likeness (QED) is 0.842. The molecule has 7 heteroatoms. The highest BCUT2D eigenvalue weighted by Crippen LogP contribution is 2.40.